The summed E-state index contributed by atoms with van der Waals surface area (Å²) in [5.74, 6) is 1.10. The fraction of sp³-hybridized carbons (Fsp3) is 0.435. The zero-order valence-electron chi connectivity index (χ0n) is 17.3. The molecule has 156 valence electrons. The summed E-state index contributed by atoms with van der Waals surface area (Å²) in [6.45, 7) is 7.99. The fourth-order valence-electron chi connectivity index (χ4n) is 3.70. The summed E-state index contributed by atoms with van der Waals surface area (Å²) in [5.41, 5.74) is 1.47. The first kappa shape index (κ1) is 21.3. The molecule has 1 heterocycles. The van der Waals surface area contributed by atoms with E-state index >= 15 is 0 Å². The standard InChI is InChI=1S/C23H29FN2O3/c1-16(2)22(26-12-10-25-11-13-26)23(27)18-6-9-20(21(14-18)28-3)29-15-17-4-7-19(24)8-5-17/h4-9,14,16,22,25H,10-13,15H2,1-3H3. The Labute approximate surface area is 171 Å². The average molecular weight is 400 g/mol. The van der Waals surface area contributed by atoms with E-state index in [2.05, 4.69) is 24.1 Å². The number of methoxy groups -OCH3 is 1. The Kier molecular flexibility index (Phi) is 7.23. The zero-order valence-corrected chi connectivity index (χ0v) is 17.3. The Morgan fingerprint density at radius 1 is 1.10 bits per heavy atom. The monoisotopic (exact) mass is 400 g/mol. The minimum atomic E-state index is -0.279. The molecule has 0 aliphatic carbocycles. The summed E-state index contributed by atoms with van der Waals surface area (Å²) in [6.07, 6.45) is 0. The van der Waals surface area contributed by atoms with Crippen LogP contribution in [0.1, 0.15) is 29.8 Å². The van der Waals surface area contributed by atoms with Gasteiger partial charge in [0.2, 0.25) is 0 Å². The second kappa shape index (κ2) is 9.85. The van der Waals surface area contributed by atoms with E-state index in [0.717, 1.165) is 31.7 Å². The molecular weight excluding hydrogens is 371 g/mol. The van der Waals surface area contributed by atoms with E-state index in [9.17, 15) is 9.18 Å². The maximum atomic E-state index is 13.3. The minimum absolute atomic E-state index is 0.102. The van der Waals surface area contributed by atoms with Crippen molar-refractivity contribution in [2.45, 2.75) is 26.5 Å². The molecule has 1 unspecified atom stereocenters. The van der Waals surface area contributed by atoms with Crippen molar-refractivity contribution in [3.05, 3.63) is 59.4 Å². The van der Waals surface area contributed by atoms with Crippen LogP contribution in [0.3, 0.4) is 0 Å². The van der Waals surface area contributed by atoms with Gasteiger partial charge in [0.05, 0.1) is 13.2 Å². The van der Waals surface area contributed by atoms with Gasteiger partial charge in [-0.15, -0.1) is 0 Å². The number of carbonyl (C=O) groups excluding carboxylic acids is 1. The molecule has 0 amide bonds. The topological polar surface area (TPSA) is 50.8 Å². The van der Waals surface area contributed by atoms with Gasteiger partial charge in [-0.2, -0.15) is 0 Å². The molecule has 0 aromatic heterocycles. The third kappa shape index (κ3) is 5.34. The highest BCUT2D eigenvalue weighted by molar-refractivity contribution is 6.00. The normalized spacial score (nSPS) is 15.9. The van der Waals surface area contributed by atoms with Crippen LogP contribution in [0.5, 0.6) is 11.5 Å². The number of hydrogen-bond acceptors (Lipinski definition) is 5. The Hall–Kier alpha value is -2.44. The highest BCUT2D eigenvalue weighted by atomic mass is 19.1. The number of halogens is 1. The molecule has 0 saturated carbocycles. The van der Waals surface area contributed by atoms with Gasteiger partial charge in [-0.25, -0.2) is 4.39 Å². The van der Waals surface area contributed by atoms with Crippen LogP contribution < -0.4 is 14.8 Å². The van der Waals surface area contributed by atoms with E-state index in [1.807, 2.05) is 0 Å². The zero-order chi connectivity index (χ0) is 20.8. The number of Topliss-reactive ketones (excluding diaryl/α,β-unsaturated/α-hetero) is 1. The number of rotatable bonds is 8. The molecule has 1 aliphatic rings. The van der Waals surface area contributed by atoms with Crippen molar-refractivity contribution in [1.82, 2.24) is 10.2 Å². The molecule has 29 heavy (non-hydrogen) atoms. The maximum Gasteiger partial charge on any atom is 0.180 e. The average Bonchev–Trinajstić information content (AvgIpc) is 2.74. The van der Waals surface area contributed by atoms with Gasteiger partial charge in [0.15, 0.2) is 17.3 Å². The quantitative estimate of drug-likeness (QED) is 0.687. The molecule has 1 N–H and O–H groups in total. The molecule has 1 atom stereocenters. The molecule has 0 radical (unpaired) electrons. The SMILES string of the molecule is COc1cc(C(=O)C(C(C)C)N2CCNCC2)ccc1OCc1ccc(F)cc1. The summed E-state index contributed by atoms with van der Waals surface area (Å²) in [7, 11) is 1.56. The predicted molar refractivity (Wildman–Crippen MR) is 111 cm³/mol. The van der Waals surface area contributed by atoms with Crippen LogP contribution in [0.2, 0.25) is 0 Å². The molecule has 1 aliphatic heterocycles. The van der Waals surface area contributed by atoms with Crippen molar-refractivity contribution in [2.24, 2.45) is 5.92 Å². The summed E-state index contributed by atoms with van der Waals surface area (Å²) < 4.78 is 24.3. The van der Waals surface area contributed by atoms with Crippen molar-refractivity contribution in [1.29, 1.82) is 0 Å². The molecular formula is C23H29FN2O3. The van der Waals surface area contributed by atoms with Gasteiger partial charge < -0.3 is 14.8 Å². The molecule has 3 rings (SSSR count). The van der Waals surface area contributed by atoms with Crippen LogP contribution in [0.4, 0.5) is 4.39 Å². The van der Waals surface area contributed by atoms with Gasteiger partial charge >= 0.3 is 0 Å². The molecule has 0 spiro atoms. The van der Waals surface area contributed by atoms with Crippen molar-refractivity contribution in [3.63, 3.8) is 0 Å². The Balaban J connectivity index is 1.75. The van der Waals surface area contributed by atoms with Gasteiger partial charge in [-0.05, 0) is 41.8 Å². The Bertz CT molecular complexity index is 817. The third-order valence-electron chi connectivity index (χ3n) is 5.20. The van der Waals surface area contributed by atoms with E-state index < -0.39 is 0 Å². The minimum Gasteiger partial charge on any atom is -0.493 e. The number of carbonyl (C=O) groups is 1. The highest BCUT2D eigenvalue weighted by Crippen LogP contribution is 2.30. The van der Waals surface area contributed by atoms with Crippen molar-refractivity contribution in [2.75, 3.05) is 33.3 Å². The lowest BCUT2D eigenvalue weighted by Gasteiger charge is -2.36. The van der Waals surface area contributed by atoms with Gasteiger partial charge in [0.25, 0.3) is 0 Å². The molecule has 2 aromatic rings. The molecule has 5 nitrogen and oxygen atoms in total. The largest absolute Gasteiger partial charge is 0.493 e. The first-order chi connectivity index (χ1) is 14.0. The van der Waals surface area contributed by atoms with Crippen molar-refractivity contribution >= 4 is 5.78 Å². The van der Waals surface area contributed by atoms with E-state index in [1.54, 1.807) is 37.4 Å². The fourth-order valence-corrected chi connectivity index (χ4v) is 3.70. The maximum absolute atomic E-state index is 13.3. The van der Waals surface area contributed by atoms with Gasteiger partial charge in [-0.1, -0.05) is 26.0 Å². The molecule has 0 bridgehead atoms. The smallest absolute Gasteiger partial charge is 0.180 e. The number of hydrogen-bond donors (Lipinski definition) is 1. The predicted octanol–water partition coefficient (Wildman–Crippen LogP) is 3.53. The highest BCUT2D eigenvalue weighted by Gasteiger charge is 2.31. The molecule has 2 aromatic carbocycles. The van der Waals surface area contributed by atoms with Gasteiger partial charge in [0, 0.05) is 31.7 Å². The number of nitrogens with zero attached hydrogens (tertiary/aromatic N) is 1. The number of benzene rings is 2. The van der Waals surface area contributed by atoms with Gasteiger partial charge in [-0.3, -0.25) is 9.69 Å². The summed E-state index contributed by atoms with van der Waals surface area (Å²) in [4.78, 5) is 15.5. The van der Waals surface area contributed by atoms with E-state index in [1.165, 1.54) is 12.1 Å². The van der Waals surface area contributed by atoms with Gasteiger partial charge in [0.1, 0.15) is 12.4 Å². The van der Waals surface area contributed by atoms with Crippen LogP contribution in [0.25, 0.3) is 0 Å². The summed E-state index contributed by atoms with van der Waals surface area (Å²) in [6, 6.07) is 11.3. The lowest BCUT2D eigenvalue weighted by atomic mass is 9.92. The summed E-state index contributed by atoms with van der Waals surface area (Å²) in [5, 5.41) is 3.33. The second-order valence-electron chi connectivity index (χ2n) is 7.62. The summed E-state index contributed by atoms with van der Waals surface area (Å²) >= 11 is 0. The van der Waals surface area contributed by atoms with Crippen LogP contribution in [0, 0.1) is 11.7 Å². The third-order valence-corrected chi connectivity index (χ3v) is 5.20. The lowest BCUT2D eigenvalue weighted by Crippen LogP contribution is -2.53. The van der Waals surface area contributed by atoms with Crippen molar-refractivity contribution in [3.8, 4) is 11.5 Å². The van der Waals surface area contributed by atoms with E-state index in [0.29, 0.717) is 23.7 Å². The first-order valence-electron chi connectivity index (χ1n) is 10.0. The molecule has 6 heteroatoms. The number of piperazine rings is 1. The van der Waals surface area contributed by atoms with Crippen LogP contribution >= 0.6 is 0 Å². The first-order valence-corrected chi connectivity index (χ1v) is 10.0. The number of ether oxygens (including phenoxy) is 2. The molecule has 1 fully saturated rings. The molecule has 1 saturated heterocycles. The Morgan fingerprint density at radius 2 is 1.79 bits per heavy atom. The van der Waals surface area contributed by atoms with E-state index in [4.69, 9.17) is 9.47 Å². The second-order valence-corrected chi connectivity index (χ2v) is 7.62. The van der Waals surface area contributed by atoms with Crippen LogP contribution in [-0.4, -0.2) is 50.0 Å². The number of nitrogens with one attached hydrogen (secondary N) is 1. The Morgan fingerprint density at radius 3 is 2.41 bits per heavy atom. The van der Waals surface area contributed by atoms with Crippen LogP contribution in [0.15, 0.2) is 42.5 Å². The number of ketones is 1. The van der Waals surface area contributed by atoms with E-state index in [-0.39, 0.29) is 23.6 Å². The lowest BCUT2D eigenvalue weighted by molar-refractivity contribution is 0.0719. The van der Waals surface area contributed by atoms with Crippen molar-refractivity contribution < 1.29 is 18.7 Å². The van der Waals surface area contributed by atoms with Crippen LogP contribution in [-0.2, 0) is 6.61 Å².